The van der Waals surface area contributed by atoms with Crippen LogP contribution in [0.4, 0.5) is 0 Å². The molecule has 2 aromatic heterocycles. The number of carbonyl (C=O) groups is 1. The fourth-order valence-corrected chi connectivity index (χ4v) is 4.61. The van der Waals surface area contributed by atoms with Gasteiger partial charge in [0.05, 0.1) is 5.52 Å². The van der Waals surface area contributed by atoms with Gasteiger partial charge in [0.25, 0.3) is 5.91 Å². The predicted molar refractivity (Wildman–Crippen MR) is 97.7 cm³/mol. The summed E-state index contributed by atoms with van der Waals surface area (Å²) in [7, 11) is 0. The van der Waals surface area contributed by atoms with Crippen LogP contribution in [0.2, 0.25) is 0 Å². The van der Waals surface area contributed by atoms with E-state index >= 15 is 0 Å². The first-order valence-corrected chi connectivity index (χ1v) is 9.59. The second kappa shape index (κ2) is 5.93. The lowest BCUT2D eigenvalue weighted by atomic mass is 10.0. The Balaban J connectivity index is 1.49. The van der Waals surface area contributed by atoms with Crippen LogP contribution in [0.15, 0.2) is 29.8 Å². The molecule has 2 bridgehead atoms. The van der Waals surface area contributed by atoms with Crippen LogP contribution < -0.4 is 0 Å². The molecule has 0 radical (unpaired) electrons. The van der Waals surface area contributed by atoms with Crippen LogP contribution in [0.25, 0.3) is 21.5 Å². The van der Waals surface area contributed by atoms with Crippen molar-refractivity contribution in [1.29, 1.82) is 0 Å². The number of H-pyrrole nitrogens is 1. The largest absolute Gasteiger partial charge is 0.333 e. The van der Waals surface area contributed by atoms with Crippen LogP contribution in [0.5, 0.6) is 0 Å². The number of piperidine rings is 1. The third-order valence-electron chi connectivity index (χ3n) is 5.36. The summed E-state index contributed by atoms with van der Waals surface area (Å²) in [6.45, 7) is 3.98. The predicted octanol–water partition coefficient (Wildman–Crippen LogP) is 2.61. The van der Waals surface area contributed by atoms with E-state index in [1.54, 1.807) is 17.5 Å². The Kier molecular flexibility index (Phi) is 3.57. The quantitative estimate of drug-likeness (QED) is 0.769. The minimum absolute atomic E-state index is 0.0574. The number of hydrogen-bond donors (Lipinski definition) is 1. The number of carbonyl (C=O) groups excluding carboxylic acids is 1. The molecule has 5 heterocycles. The molecule has 0 atom stereocenters. The van der Waals surface area contributed by atoms with E-state index in [-0.39, 0.29) is 5.91 Å². The monoisotopic (exact) mass is 353 g/mol. The Bertz CT molecular complexity index is 911. The number of benzene rings is 1. The highest BCUT2D eigenvalue weighted by Gasteiger charge is 2.33. The number of nitrogens with zero attached hydrogens (tertiary/aromatic N) is 4. The molecule has 3 aromatic rings. The zero-order chi connectivity index (χ0) is 16.8. The van der Waals surface area contributed by atoms with E-state index < -0.39 is 0 Å². The van der Waals surface area contributed by atoms with Crippen LogP contribution in [-0.4, -0.2) is 63.1 Å². The van der Waals surface area contributed by atoms with Crippen molar-refractivity contribution in [3.63, 3.8) is 0 Å². The number of thiazole rings is 1. The van der Waals surface area contributed by atoms with Gasteiger partial charge in [-0.05, 0) is 25.0 Å². The summed E-state index contributed by atoms with van der Waals surface area (Å²) in [5.74, 6) is 0.0574. The van der Waals surface area contributed by atoms with Crippen molar-refractivity contribution in [1.82, 2.24) is 25.0 Å². The maximum Gasteiger partial charge on any atom is 0.275 e. The molecule has 0 aliphatic carbocycles. The van der Waals surface area contributed by atoms with Gasteiger partial charge in [-0.25, -0.2) is 4.98 Å². The molecule has 1 amide bonds. The second-order valence-electron chi connectivity index (χ2n) is 6.74. The Morgan fingerprint density at radius 2 is 2.08 bits per heavy atom. The fourth-order valence-electron chi connectivity index (χ4n) is 3.97. The summed E-state index contributed by atoms with van der Waals surface area (Å²) in [5.41, 5.74) is 2.48. The Morgan fingerprint density at radius 3 is 2.88 bits per heavy atom. The number of aromatic nitrogens is 3. The van der Waals surface area contributed by atoms with Gasteiger partial charge in [-0.3, -0.25) is 9.89 Å². The smallest absolute Gasteiger partial charge is 0.275 e. The Morgan fingerprint density at radius 1 is 1.20 bits per heavy atom. The molecule has 6 rings (SSSR count). The lowest BCUT2D eigenvalue weighted by Gasteiger charge is -2.31. The molecule has 3 aliphatic heterocycles. The van der Waals surface area contributed by atoms with Crippen molar-refractivity contribution >= 4 is 28.1 Å². The second-order valence-corrected chi connectivity index (χ2v) is 7.64. The minimum atomic E-state index is 0.0574. The molecule has 128 valence electrons. The van der Waals surface area contributed by atoms with Crippen molar-refractivity contribution < 1.29 is 4.79 Å². The summed E-state index contributed by atoms with van der Waals surface area (Å²) in [6.07, 6.45) is 3.95. The Labute approximate surface area is 149 Å². The van der Waals surface area contributed by atoms with Gasteiger partial charge in [0.1, 0.15) is 5.01 Å². The zero-order valence-corrected chi connectivity index (χ0v) is 14.6. The van der Waals surface area contributed by atoms with Crippen molar-refractivity contribution in [3.8, 4) is 10.6 Å². The molecule has 0 saturated carbocycles. The van der Waals surface area contributed by atoms with Crippen molar-refractivity contribution in [3.05, 3.63) is 35.5 Å². The number of aromatic amines is 1. The number of amides is 1. The SMILES string of the molecule is O=C(c1n[nH]c2cc(-c3nccs3)ccc12)N1CCN2CCC1CC2. The van der Waals surface area contributed by atoms with Gasteiger partial charge < -0.3 is 9.80 Å². The average molecular weight is 353 g/mol. The molecule has 1 aromatic carbocycles. The molecule has 3 saturated heterocycles. The Hall–Kier alpha value is -2.25. The van der Waals surface area contributed by atoms with Crippen molar-refractivity contribution in [2.45, 2.75) is 18.9 Å². The lowest BCUT2D eigenvalue weighted by molar-refractivity contribution is 0.0681. The molecule has 25 heavy (non-hydrogen) atoms. The standard InChI is InChI=1S/C18H19N5OS/c24-18(23-9-8-22-6-3-13(23)4-7-22)16-14-2-1-12(11-15(14)20-21-16)17-19-5-10-25-17/h1-2,5,10-11,13H,3-4,6-9H2,(H,20,21). The highest BCUT2D eigenvalue weighted by atomic mass is 32.1. The van der Waals surface area contributed by atoms with E-state index in [0.717, 1.165) is 60.5 Å². The molecule has 3 aliphatic rings. The molecule has 0 spiro atoms. The zero-order valence-electron chi connectivity index (χ0n) is 13.8. The lowest BCUT2D eigenvalue weighted by Crippen LogP contribution is -2.41. The minimum Gasteiger partial charge on any atom is -0.333 e. The topological polar surface area (TPSA) is 65.1 Å². The van der Waals surface area contributed by atoms with E-state index in [4.69, 9.17) is 0 Å². The normalized spacial score (nSPS) is 23.1. The summed E-state index contributed by atoms with van der Waals surface area (Å²) in [5, 5.41) is 11.2. The summed E-state index contributed by atoms with van der Waals surface area (Å²) in [6, 6.07) is 6.39. The maximum absolute atomic E-state index is 13.1. The maximum atomic E-state index is 13.1. The number of fused-ring (bicyclic) bond motifs is 5. The molecule has 7 heteroatoms. The molecule has 0 unspecified atom stereocenters. The van der Waals surface area contributed by atoms with Gasteiger partial charge in [-0.15, -0.1) is 11.3 Å². The first-order chi connectivity index (χ1) is 12.3. The highest BCUT2D eigenvalue weighted by Crippen LogP contribution is 2.28. The van der Waals surface area contributed by atoms with Crippen molar-refractivity contribution in [2.75, 3.05) is 26.2 Å². The molecule has 1 N–H and O–H groups in total. The van der Waals surface area contributed by atoms with Gasteiger partial charge in [0, 0.05) is 54.7 Å². The van der Waals surface area contributed by atoms with Crippen LogP contribution in [-0.2, 0) is 0 Å². The van der Waals surface area contributed by atoms with Gasteiger partial charge in [-0.1, -0.05) is 6.07 Å². The molecular weight excluding hydrogens is 334 g/mol. The van der Waals surface area contributed by atoms with E-state index in [0.29, 0.717) is 11.7 Å². The summed E-state index contributed by atoms with van der Waals surface area (Å²) in [4.78, 5) is 22.0. The van der Waals surface area contributed by atoms with E-state index in [9.17, 15) is 4.79 Å². The van der Waals surface area contributed by atoms with Gasteiger partial charge in [0.15, 0.2) is 5.69 Å². The first-order valence-electron chi connectivity index (χ1n) is 8.71. The first kappa shape index (κ1) is 15.0. The third kappa shape index (κ3) is 2.54. The number of nitrogens with one attached hydrogen (secondary N) is 1. The van der Waals surface area contributed by atoms with Crippen LogP contribution in [0.1, 0.15) is 23.3 Å². The van der Waals surface area contributed by atoms with Crippen LogP contribution in [0, 0.1) is 0 Å². The van der Waals surface area contributed by atoms with Crippen LogP contribution >= 0.6 is 11.3 Å². The van der Waals surface area contributed by atoms with Gasteiger partial charge in [0.2, 0.25) is 0 Å². The summed E-state index contributed by atoms with van der Waals surface area (Å²) >= 11 is 1.61. The van der Waals surface area contributed by atoms with Crippen molar-refractivity contribution in [2.24, 2.45) is 0 Å². The fraction of sp³-hybridized carbons (Fsp3) is 0.389. The highest BCUT2D eigenvalue weighted by molar-refractivity contribution is 7.13. The number of rotatable bonds is 2. The van der Waals surface area contributed by atoms with Crippen LogP contribution in [0.3, 0.4) is 0 Å². The summed E-state index contributed by atoms with van der Waals surface area (Å²) < 4.78 is 0. The molecular formula is C18H19N5OS. The van der Waals surface area contributed by atoms with E-state index in [2.05, 4.69) is 20.1 Å². The van der Waals surface area contributed by atoms with Gasteiger partial charge >= 0.3 is 0 Å². The third-order valence-corrected chi connectivity index (χ3v) is 6.18. The average Bonchev–Trinajstić information content (AvgIpc) is 3.23. The van der Waals surface area contributed by atoms with E-state index in [1.807, 2.05) is 28.5 Å². The molecule has 3 fully saturated rings. The van der Waals surface area contributed by atoms with E-state index in [1.165, 1.54) is 0 Å². The van der Waals surface area contributed by atoms with Gasteiger partial charge in [-0.2, -0.15) is 5.10 Å². The number of hydrogen-bond acceptors (Lipinski definition) is 5. The molecule has 6 nitrogen and oxygen atoms in total.